The summed E-state index contributed by atoms with van der Waals surface area (Å²) in [6.07, 6.45) is 8.08. The smallest absolute Gasteiger partial charge is 0.218 e. The molecule has 1 aromatic heterocycles. The van der Waals surface area contributed by atoms with Gasteiger partial charge in [-0.25, -0.2) is 4.98 Å². The fourth-order valence-corrected chi connectivity index (χ4v) is 2.66. The molecule has 2 heterocycles. The van der Waals surface area contributed by atoms with Gasteiger partial charge in [0.25, 0.3) is 0 Å². The van der Waals surface area contributed by atoms with Gasteiger partial charge in [0.2, 0.25) is 5.88 Å². The summed E-state index contributed by atoms with van der Waals surface area (Å²) in [5, 5.41) is 6.58. The first-order valence-electron chi connectivity index (χ1n) is 7.54. The predicted octanol–water partition coefficient (Wildman–Crippen LogP) is 1.84. The van der Waals surface area contributed by atoms with E-state index in [0.717, 1.165) is 49.8 Å². The molecule has 20 heavy (non-hydrogen) atoms. The monoisotopic (exact) mass is 274 g/mol. The molecule has 1 aromatic rings. The first-order valence-corrected chi connectivity index (χ1v) is 7.54. The molecule has 0 atom stereocenters. The third-order valence-corrected chi connectivity index (χ3v) is 3.77. The number of ether oxygens (including phenoxy) is 1. The SMILES string of the molecule is c1cnc(OC2CCCC2)c(CNC2=NCCCN2)c1. The lowest BCUT2D eigenvalue weighted by atomic mass is 10.2. The highest BCUT2D eigenvalue weighted by atomic mass is 16.5. The molecule has 0 amide bonds. The van der Waals surface area contributed by atoms with Gasteiger partial charge in [-0.05, 0) is 38.2 Å². The number of pyridine rings is 1. The fourth-order valence-electron chi connectivity index (χ4n) is 2.66. The first kappa shape index (κ1) is 13.2. The van der Waals surface area contributed by atoms with Crippen molar-refractivity contribution in [1.82, 2.24) is 15.6 Å². The van der Waals surface area contributed by atoms with Gasteiger partial charge in [0, 0.05) is 31.4 Å². The molecule has 1 fully saturated rings. The van der Waals surface area contributed by atoms with Crippen molar-refractivity contribution in [2.75, 3.05) is 13.1 Å². The number of hydrogen-bond donors (Lipinski definition) is 2. The minimum Gasteiger partial charge on any atom is -0.474 e. The maximum atomic E-state index is 6.03. The molecule has 5 nitrogen and oxygen atoms in total. The van der Waals surface area contributed by atoms with Crippen LogP contribution in [0.4, 0.5) is 0 Å². The van der Waals surface area contributed by atoms with Crippen LogP contribution in [0, 0.1) is 0 Å². The van der Waals surface area contributed by atoms with Crippen LogP contribution < -0.4 is 15.4 Å². The highest BCUT2D eigenvalue weighted by Gasteiger charge is 2.18. The number of hydrogen-bond acceptors (Lipinski definition) is 5. The molecule has 1 aliphatic heterocycles. The highest BCUT2D eigenvalue weighted by molar-refractivity contribution is 5.80. The summed E-state index contributed by atoms with van der Waals surface area (Å²) in [5.74, 6) is 1.65. The molecule has 0 radical (unpaired) electrons. The molecule has 0 unspecified atom stereocenters. The lowest BCUT2D eigenvalue weighted by Gasteiger charge is -2.18. The van der Waals surface area contributed by atoms with Gasteiger partial charge < -0.3 is 15.4 Å². The first-order chi connectivity index (χ1) is 9.92. The average molecular weight is 274 g/mol. The summed E-state index contributed by atoms with van der Waals surface area (Å²) >= 11 is 0. The summed E-state index contributed by atoms with van der Waals surface area (Å²) in [6, 6.07) is 4.02. The predicted molar refractivity (Wildman–Crippen MR) is 78.9 cm³/mol. The maximum Gasteiger partial charge on any atom is 0.218 e. The van der Waals surface area contributed by atoms with Crippen molar-refractivity contribution >= 4 is 5.96 Å². The zero-order valence-electron chi connectivity index (χ0n) is 11.8. The Morgan fingerprint density at radius 1 is 1.30 bits per heavy atom. The largest absolute Gasteiger partial charge is 0.474 e. The summed E-state index contributed by atoms with van der Waals surface area (Å²) in [4.78, 5) is 8.79. The Labute approximate surface area is 119 Å². The molecule has 5 heteroatoms. The van der Waals surface area contributed by atoms with E-state index in [1.165, 1.54) is 12.8 Å². The van der Waals surface area contributed by atoms with Crippen molar-refractivity contribution in [1.29, 1.82) is 0 Å². The lowest BCUT2D eigenvalue weighted by Crippen LogP contribution is -2.40. The Kier molecular flexibility index (Phi) is 4.35. The molecule has 0 spiro atoms. The van der Waals surface area contributed by atoms with E-state index in [-0.39, 0.29) is 0 Å². The maximum absolute atomic E-state index is 6.03. The van der Waals surface area contributed by atoms with Crippen molar-refractivity contribution in [3.05, 3.63) is 23.9 Å². The molecule has 0 saturated heterocycles. The van der Waals surface area contributed by atoms with Crippen molar-refractivity contribution in [2.24, 2.45) is 4.99 Å². The Bertz CT molecular complexity index is 469. The highest BCUT2D eigenvalue weighted by Crippen LogP contribution is 2.24. The summed E-state index contributed by atoms with van der Waals surface area (Å²) in [7, 11) is 0. The quantitative estimate of drug-likeness (QED) is 0.879. The molecular weight excluding hydrogens is 252 g/mol. The van der Waals surface area contributed by atoms with Crippen LogP contribution in [0.2, 0.25) is 0 Å². The van der Waals surface area contributed by atoms with Gasteiger partial charge in [-0.2, -0.15) is 0 Å². The summed E-state index contributed by atoms with van der Waals surface area (Å²) in [6.45, 7) is 2.58. The van der Waals surface area contributed by atoms with E-state index in [2.05, 4.69) is 26.7 Å². The van der Waals surface area contributed by atoms with E-state index < -0.39 is 0 Å². The van der Waals surface area contributed by atoms with Crippen molar-refractivity contribution in [2.45, 2.75) is 44.8 Å². The van der Waals surface area contributed by atoms with Gasteiger partial charge >= 0.3 is 0 Å². The lowest BCUT2D eigenvalue weighted by molar-refractivity contribution is 0.199. The molecule has 2 aliphatic rings. The second-order valence-electron chi connectivity index (χ2n) is 5.36. The van der Waals surface area contributed by atoms with Gasteiger partial charge in [0.05, 0.1) is 0 Å². The Balaban J connectivity index is 1.61. The zero-order chi connectivity index (χ0) is 13.6. The van der Waals surface area contributed by atoms with Crippen molar-refractivity contribution in [3.63, 3.8) is 0 Å². The minimum atomic E-state index is 0.341. The number of rotatable bonds is 4. The molecule has 1 aliphatic carbocycles. The topological polar surface area (TPSA) is 58.5 Å². The van der Waals surface area contributed by atoms with E-state index >= 15 is 0 Å². The number of nitrogens with one attached hydrogen (secondary N) is 2. The standard InChI is InChI=1S/C15H22N4O/c1-2-7-13(6-1)20-14-12(5-3-8-16-14)11-19-15-17-9-4-10-18-15/h3,5,8,13H,1-2,4,6-7,9-11H2,(H2,17,18,19). The number of aliphatic imine (C=N–C) groups is 1. The second kappa shape index (κ2) is 6.59. The van der Waals surface area contributed by atoms with Crippen LogP contribution in [-0.2, 0) is 6.54 Å². The van der Waals surface area contributed by atoms with Crippen molar-refractivity contribution < 1.29 is 4.74 Å². The number of aromatic nitrogens is 1. The Morgan fingerprint density at radius 3 is 3.00 bits per heavy atom. The summed E-state index contributed by atoms with van der Waals surface area (Å²) < 4.78 is 6.03. The number of nitrogens with zero attached hydrogens (tertiary/aromatic N) is 2. The van der Waals surface area contributed by atoms with Crippen LogP contribution in [-0.4, -0.2) is 30.1 Å². The molecule has 2 N–H and O–H groups in total. The van der Waals surface area contributed by atoms with Gasteiger partial charge in [0.15, 0.2) is 5.96 Å². The van der Waals surface area contributed by atoms with Crippen LogP contribution in [0.15, 0.2) is 23.3 Å². The van der Waals surface area contributed by atoms with E-state index in [9.17, 15) is 0 Å². The van der Waals surface area contributed by atoms with Gasteiger partial charge in [-0.15, -0.1) is 0 Å². The molecule has 1 saturated carbocycles. The fraction of sp³-hybridized carbons (Fsp3) is 0.600. The van der Waals surface area contributed by atoms with Crippen LogP contribution in [0.1, 0.15) is 37.7 Å². The van der Waals surface area contributed by atoms with Crippen molar-refractivity contribution in [3.8, 4) is 5.88 Å². The molecule has 3 rings (SSSR count). The van der Waals surface area contributed by atoms with Crippen LogP contribution in [0.3, 0.4) is 0 Å². The number of guanidine groups is 1. The minimum absolute atomic E-state index is 0.341. The van der Waals surface area contributed by atoms with Gasteiger partial charge in [-0.3, -0.25) is 4.99 Å². The third-order valence-electron chi connectivity index (χ3n) is 3.77. The van der Waals surface area contributed by atoms with E-state index in [4.69, 9.17) is 4.74 Å². The molecule has 0 bridgehead atoms. The van der Waals surface area contributed by atoms with Crippen LogP contribution >= 0.6 is 0 Å². The Hall–Kier alpha value is -1.78. The normalized spacial score (nSPS) is 19.3. The van der Waals surface area contributed by atoms with Gasteiger partial charge in [-0.1, -0.05) is 6.07 Å². The van der Waals surface area contributed by atoms with Crippen LogP contribution in [0.25, 0.3) is 0 Å². The third kappa shape index (κ3) is 3.40. The average Bonchev–Trinajstić information content (AvgIpc) is 3.00. The Morgan fingerprint density at radius 2 is 2.20 bits per heavy atom. The van der Waals surface area contributed by atoms with Gasteiger partial charge in [0.1, 0.15) is 6.10 Å². The second-order valence-corrected chi connectivity index (χ2v) is 5.36. The molecule has 108 valence electrons. The summed E-state index contributed by atoms with van der Waals surface area (Å²) in [5.41, 5.74) is 1.09. The van der Waals surface area contributed by atoms with E-state index in [0.29, 0.717) is 12.6 Å². The molecule has 0 aromatic carbocycles. The molecular formula is C15H22N4O. The van der Waals surface area contributed by atoms with E-state index in [1.807, 2.05) is 6.07 Å². The van der Waals surface area contributed by atoms with E-state index in [1.54, 1.807) is 6.20 Å². The zero-order valence-corrected chi connectivity index (χ0v) is 11.8. The van der Waals surface area contributed by atoms with Crippen LogP contribution in [0.5, 0.6) is 5.88 Å².